The topological polar surface area (TPSA) is 111 Å². The molecule has 0 aromatic heterocycles. The molecule has 2 atom stereocenters. The van der Waals surface area contributed by atoms with Gasteiger partial charge in [0.1, 0.15) is 11.9 Å². The number of carbonyl (C=O) groups is 3. The van der Waals surface area contributed by atoms with E-state index in [2.05, 4.69) is 10.6 Å². The van der Waals surface area contributed by atoms with E-state index < -0.39 is 17.7 Å². The normalized spacial score (nSPS) is 13.7. The standard InChI is InChI=1S/C17H33N3O4/c1-13(12-21)8-7-11-19-15(22)14(18)9-5-6-10-20-16(23)24-17(2,3)4/h12-14H,5-11,18H2,1-4H3,(H,19,22)(H,20,23). The van der Waals surface area contributed by atoms with Gasteiger partial charge in [0.15, 0.2) is 0 Å². The summed E-state index contributed by atoms with van der Waals surface area (Å²) in [5.41, 5.74) is 5.32. The van der Waals surface area contributed by atoms with Gasteiger partial charge in [-0.15, -0.1) is 0 Å². The zero-order valence-corrected chi connectivity index (χ0v) is 15.4. The third-order valence-corrected chi connectivity index (χ3v) is 3.31. The van der Waals surface area contributed by atoms with Crippen LogP contribution in [0.25, 0.3) is 0 Å². The van der Waals surface area contributed by atoms with Crippen molar-refractivity contribution in [3.05, 3.63) is 0 Å². The Kier molecular flexibility index (Phi) is 11.0. The first-order valence-corrected chi connectivity index (χ1v) is 8.61. The SMILES string of the molecule is CC(C=O)CCCNC(=O)C(N)CCCCNC(=O)OC(C)(C)C. The van der Waals surface area contributed by atoms with Gasteiger partial charge in [-0.05, 0) is 52.9 Å². The lowest BCUT2D eigenvalue weighted by molar-refractivity contribution is -0.122. The molecule has 0 saturated carbocycles. The Morgan fingerprint density at radius 1 is 1.08 bits per heavy atom. The van der Waals surface area contributed by atoms with E-state index in [0.29, 0.717) is 19.5 Å². The Morgan fingerprint density at radius 3 is 2.29 bits per heavy atom. The minimum Gasteiger partial charge on any atom is -0.444 e. The molecule has 0 heterocycles. The molecule has 0 aliphatic carbocycles. The highest BCUT2D eigenvalue weighted by Gasteiger charge is 2.16. The van der Waals surface area contributed by atoms with Crippen molar-refractivity contribution in [3.8, 4) is 0 Å². The molecule has 0 fully saturated rings. The third kappa shape index (κ3) is 12.9. The van der Waals surface area contributed by atoms with Crippen LogP contribution >= 0.6 is 0 Å². The van der Waals surface area contributed by atoms with E-state index in [4.69, 9.17) is 10.5 Å². The van der Waals surface area contributed by atoms with Crippen LogP contribution in [0.15, 0.2) is 0 Å². The monoisotopic (exact) mass is 343 g/mol. The number of alkyl carbamates (subject to hydrolysis) is 1. The summed E-state index contributed by atoms with van der Waals surface area (Å²) in [7, 11) is 0. The zero-order valence-electron chi connectivity index (χ0n) is 15.4. The molecule has 0 aromatic rings. The summed E-state index contributed by atoms with van der Waals surface area (Å²) in [6, 6.07) is -0.546. The van der Waals surface area contributed by atoms with E-state index >= 15 is 0 Å². The molecule has 0 radical (unpaired) electrons. The smallest absolute Gasteiger partial charge is 0.407 e. The van der Waals surface area contributed by atoms with Crippen molar-refractivity contribution in [3.63, 3.8) is 0 Å². The fourth-order valence-corrected chi connectivity index (χ4v) is 1.96. The van der Waals surface area contributed by atoms with E-state index in [1.54, 1.807) is 0 Å². The van der Waals surface area contributed by atoms with Crippen LogP contribution in [0, 0.1) is 5.92 Å². The molecular formula is C17H33N3O4. The fourth-order valence-electron chi connectivity index (χ4n) is 1.96. The van der Waals surface area contributed by atoms with E-state index in [1.165, 1.54) is 0 Å². The van der Waals surface area contributed by atoms with E-state index in [0.717, 1.165) is 32.0 Å². The highest BCUT2D eigenvalue weighted by molar-refractivity contribution is 5.81. The number of rotatable bonds is 11. The zero-order chi connectivity index (χ0) is 18.6. The van der Waals surface area contributed by atoms with Gasteiger partial charge in [-0.25, -0.2) is 4.79 Å². The number of ether oxygens (including phenoxy) is 1. The summed E-state index contributed by atoms with van der Waals surface area (Å²) < 4.78 is 5.12. The predicted octanol–water partition coefficient (Wildman–Crippen LogP) is 1.74. The molecule has 24 heavy (non-hydrogen) atoms. The van der Waals surface area contributed by atoms with Gasteiger partial charge in [0, 0.05) is 19.0 Å². The van der Waals surface area contributed by atoms with Crippen LogP contribution in [0.4, 0.5) is 4.79 Å². The molecule has 2 unspecified atom stereocenters. The molecular weight excluding hydrogens is 310 g/mol. The predicted molar refractivity (Wildman–Crippen MR) is 93.5 cm³/mol. The lowest BCUT2D eigenvalue weighted by atomic mass is 10.1. The maximum atomic E-state index is 11.8. The number of nitrogens with one attached hydrogen (secondary N) is 2. The molecule has 0 bridgehead atoms. The van der Waals surface area contributed by atoms with Gasteiger partial charge in [-0.2, -0.15) is 0 Å². The van der Waals surface area contributed by atoms with Crippen molar-refractivity contribution >= 4 is 18.3 Å². The molecule has 0 rings (SSSR count). The van der Waals surface area contributed by atoms with Gasteiger partial charge >= 0.3 is 6.09 Å². The number of aldehydes is 1. The fraction of sp³-hybridized carbons (Fsp3) is 0.824. The second-order valence-electron chi connectivity index (χ2n) is 7.08. The maximum absolute atomic E-state index is 11.8. The summed E-state index contributed by atoms with van der Waals surface area (Å²) in [6.45, 7) is 8.31. The number of amides is 2. The van der Waals surface area contributed by atoms with E-state index in [1.807, 2.05) is 27.7 Å². The quantitative estimate of drug-likeness (QED) is 0.391. The molecule has 0 aliphatic rings. The Bertz CT molecular complexity index is 394. The van der Waals surface area contributed by atoms with Crippen molar-refractivity contribution in [2.24, 2.45) is 11.7 Å². The number of unbranched alkanes of at least 4 members (excludes halogenated alkanes) is 1. The Labute approximate surface area is 145 Å². The van der Waals surface area contributed by atoms with Crippen LogP contribution in [0.5, 0.6) is 0 Å². The molecule has 7 heteroatoms. The molecule has 140 valence electrons. The first-order chi connectivity index (χ1) is 11.2. The Hall–Kier alpha value is -1.63. The van der Waals surface area contributed by atoms with Gasteiger partial charge in [0.2, 0.25) is 5.91 Å². The lowest BCUT2D eigenvalue weighted by Gasteiger charge is -2.19. The van der Waals surface area contributed by atoms with Crippen molar-refractivity contribution in [2.45, 2.75) is 71.4 Å². The van der Waals surface area contributed by atoms with Gasteiger partial charge in [-0.1, -0.05) is 6.92 Å². The lowest BCUT2D eigenvalue weighted by Crippen LogP contribution is -2.41. The molecule has 0 saturated heterocycles. The summed E-state index contributed by atoms with van der Waals surface area (Å²) in [6.07, 6.45) is 4.04. The highest BCUT2D eigenvalue weighted by atomic mass is 16.6. The number of carbonyl (C=O) groups excluding carboxylic acids is 3. The van der Waals surface area contributed by atoms with Gasteiger partial charge < -0.3 is 25.9 Å². The van der Waals surface area contributed by atoms with Crippen LogP contribution in [0.2, 0.25) is 0 Å². The minimum atomic E-state index is -0.546. The van der Waals surface area contributed by atoms with Crippen molar-refractivity contribution in [1.29, 1.82) is 0 Å². The largest absolute Gasteiger partial charge is 0.444 e. The summed E-state index contributed by atoms with van der Waals surface area (Å²) in [5, 5.41) is 5.45. The highest BCUT2D eigenvalue weighted by Crippen LogP contribution is 2.06. The van der Waals surface area contributed by atoms with Crippen LogP contribution in [0.3, 0.4) is 0 Å². The first-order valence-electron chi connectivity index (χ1n) is 8.61. The Morgan fingerprint density at radius 2 is 1.71 bits per heavy atom. The average molecular weight is 343 g/mol. The second-order valence-corrected chi connectivity index (χ2v) is 7.08. The molecule has 0 aromatic carbocycles. The van der Waals surface area contributed by atoms with Crippen LogP contribution in [0.1, 0.15) is 59.8 Å². The minimum absolute atomic E-state index is 0.0213. The second kappa shape index (κ2) is 11.8. The molecule has 2 amide bonds. The molecule has 0 aliphatic heterocycles. The van der Waals surface area contributed by atoms with Crippen molar-refractivity contribution in [1.82, 2.24) is 10.6 Å². The summed E-state index contributed by atoms with van der Waals surface area (Å²) in [5.74, 6) is -0.151. The number of hydrogen-bond acceptors (Lipinski definition) is 5. The maximum Gasteiger partial charge on any atom is 0.407 e. The van der Waals surface area contributed by atoms with E-state index in [-0.39, 0.29) is 11.8 Å². The van der Waals surface area contributed by atoms with Crippen molar-refractivity contribution in [2.75, 3.05) is 13.1 Å². The molecule has 4 N–H and O–H groups in total. The van der Waals surface area contributed by atoms with Crippen molar-refractivity contribution < 1.29 is 19.1 Å². The molecule has 0 spiro atoms. The van der Waals surface area contributed by atoms with Crippen LogP contribution < -0.4 is 16.4 Å². The number of hydrogen-bond donors (Lipinski definition) is 3. The Balaban J connectivity index is 3.67. The molecule has 7 nitrogen and oxygen atoms in total. The summed E-state index contributed by atoms with van der Waals surface area (Å²) >= 11 is 0. The van der Waals surface area contributed by atoms with Gasteiger partial charge in [0.05, 0.1) is 6.04 Å². The van der Waals surface area contributed by atoms with Crippen LogP contribution in [-0.4, -0.2) is 43.0 Å². The van der Waals surface area contributed by atoms with Crippen LogP contribution in [-0.2, 0) is 14.3 Å². The van der Waals surface area contributed by atoms with E-state index in [9.17, 15) is 14.4 Å². The average Bonchev–Trinajstić information content (AvgIpc) is 2.48. The first kappa shape index (κ1) is 22.4. The third-order valence-electron chi connectivity index (χ3n) is 3.31. The summed E-state index contributed by atoms with van der Waals surface area (Å²) in [4.78, 5) is 33.7. The van der Waals surface area contributed by atoms with Gasteiger partial charge in [0.25, 0.3) is 0 Å². The number of nitrogens with two attached hydrogens (primary N) is 1. The van der Waals surface area contributed by atoms with Gasteiger partial charge in [-0.3, -0.25) is 4.79 Å².